The molecule has 0 aliphatic carbocycles. The van der Waals surface area contributed by atoms with Crippen LogP contribution < -0.4 is 0 Å². The van der Waals surface area contributed by atoms with Crippen molar-refractivity contribution in [2.75, 3.05) is 0 Å². The number of carboxylic acids is 1. The van der Waals surface area contributed by atoms with Gasteiger partial charge in [-0.25, -0.2) is 0 Å². The lowest BCUT2D eigenvalue weighted by atomic mass is 9.71. The molecule has 0 radical (unpaired) electrons. The van der Waals surface area contributed by atoms with E-state index in [9.17, 15) is 9.90 Å². The first-order valence-electron chi connectivity index (χ1n) is 14.3. The number of carboxylic acid groups (broad SMARTS) is 1. The van der Waals surface area contributed by atoms with E-state index in [4.69, 9.17) is 0 Å². The Morgan fingerprint density at radius 2 is 0.968 bits per heavy atom. The van der Waals surface area contributed by atoms with Gasteiger partial charge in [0.2, 0.25) is 0 Å². The van der Waals surface area contributed by atoms with Crippen LogP contribution in [0.1, 0.15) is 169 Å². The molecule has 0 aliphatic rings. The highest BCUT2D eigenvalue weighted by Crippen LogP contribution is 2.40. The molecule has 1 N–H and O–H groups in total. The van der Waals surface area contributed by atoms with E-state index in [2.05, 4.69) is 27.7 Å². The van der Waals surface area contributed by atoms with Gasteiger partial charge < -0.3 is 5.11 Å². The van der Waals surface area contributed by atoms with Crippen molar-refractivity contribution in [3.8, 4) is 0 Å². The fourth-order valence-corrected chi connectivity index (χ4v) is 5.16. The van der Waals surface area contributed by atoms with Crippen LogP contribution in [0.5, 0.6) is 0 Å². The zero-order chi connectivity index (χ0) is 23.2. The van der Waals surface area contributed by atoms with Gasteiger partial charge in [-0.15, -0.1) is 0 Å². The Hall–Kier alpha value is -0.530. The lowest BCUT2D eigenvalue weighted by molar-refractivity contribution is -0.151. The fourth-order valence-electron chi connectivity index (χ4n) is 5.16. The zero-order valence-electron chi connectivity index (χ0n) is 22.0. The summed E-state index contributed by atoms with van der Waals surface area (Å²) in [5.74, 6) is 0.0178. The van der Waals surface area contributed by atoms with Gasteiger partial charge in [-0.05, 0) is 25.2 Å². The predicted molar refractivity (Wildman–Crippen MR) is 138 cm³/mol. The SMILES string of the molecule is CCCCCCCCCCC(CCCCCC)(CC(C)CCCCCCCC)C(=O)O. The van der Waals surface area contributed by atoms with Crippen molar-refractivity contribution in [3.63, 3.8) is 0 Å². The summed E-state index contributed by atoms with van der Waals surface area (Å²) in [4.78, 5) is 12.5. The molecule has 0 amide bonds. The summed E-state index contributed by atoms with van der Waals surface area (Å²) in [6.45, 7) is 9.07. The summed E-state index contributed by atoms with van der Waals surface area (Å²) < 4.78 is 0. The normalized spacial score (nSPS) is 14.5. The van der Waals surface area contributed by atoms with E-state index < -0.39 is 11.4 Å². The predicted octanol–water partition coefficient (Wildman–Crippen LogP) is 10.3. The molecule has 0 fully saturated rings. The molecule has 2 nitrogen and oxygen atoms in total. The van der Waals surface area contributed by atoms with Gasteiger partial charge in [-0.2, -0.15) is 0 Å². The van der Waals surface area contributed by atoms with E-state index in [-0.39, 0.29) is 0 Å². The second kappa shape index (κ2) is 21.3. The fraction of sp³-hybridized carbons (Fsp3) is 0.966. The number of rotatable bonds is 24. The van der Waals surface area contributed by atoms with Gasteiger partial charge in [0.1, 0.15) is 0 Å². The number of aliphatic carboxylic acids is 1. The second-order valence-corrected chi connectivity index (χ2v) is 10.5. The van der Waals surface area contributed by atoms with Crippen molar-refractivity contribution < 1.29 is 9.90 Å². The third-order valence-corrected chi connectivity index (χ3v) is 7.26. The molecule has 0 heterocycles. The minimum absolute atomic E-state index is 0.475. The van der Waals surface area contributed by atoms with Gasteiger partial charge >= 0.3 is 5.97 Å². The van der Waals surface area contributed by atoms with Gasteiger partial charge in [-0.3, -0.25) is 4.79 Å². The Morgan fingerprint density at radius 1 is 0.613 bits per heavy atom. The van der Waals surface area contributed by atoms with Crippen LogP contribution in [0, 0.1) is 11.3 Å². The quantitative estimate of drug-likeness (QED) is 0.152. The van der Waals surface area contributed by atoms with E-state index in [0.717, 1.165) is 32.1 Å². The zero-order valence-corrected chi connectivity index (χ0v) is 22.0. The average molecular weight is 439 g/mol. The lowest BCUT2D eigenvalue weighted by Crippen LogP contribution is -2.33. The summed E-state index contributed by atoms with van der Waals surface area (Å²) in [6, 6.07) is 0. The maximum absolute atomic E-state index is 12.5. The van der Waals surface area contributed by atoms with Crippen molar-refractivity contribution in [3.05, 3.63) is 0 Å². The molecular formula is C29H58O2. The summed E-state index contributed by atoms with van der Waals surface area (Å²) in [7, 11) is 0. The van der Waals surface area contributed by atoms with E-state index in [1.165, 1.54) is 109 Å². The first-order valence-corrected chi connectivity index (χ1v) is 14.3. The van der Waals surface area contributed by atoms with Crippen molar-refractivity contribution in [1.29, 1.82) is 0 Å². The number of carbonyl (C=O) groups is 1. The van der Waals surface area contributed by atoms with E-state index in [0.29, 0.717) is 5.92 Å². The van der Waals surface area contributed by atoms with Gasteiger partial charge in [0.05, 0.1) is 5.41 Å². The van der Waals surface area contributed by atoms with Crippen LogP contribution in [0.3, 0.4) is 0 Å². The number of hydrogen-bond donors (Lipinski definition) is 1. The average Bonchev–Trinajstić information content (AvgIpc) is 2.75. The molecule has 0 rings (SSSR count). The smallest absolute Gasteiger partial charge is 0.309 e. The molecule has 2 atom stereocenters. The molecule has 186 valence electrons. The standard InChI is InChI=1S/C29H58O2/c1-5-8-11-14-16-17-19-22-25-29(28(30)31,24-21-13-10-7-3)26-27(4)23-20-18-15-12-9-6-2/h27H,5-26H2,1-4H3,(H,30,31). The third-order valence-electron chi connectivity index (χ3n) is 7.26. The molecule has 2 heteroatoms. The molecule has 0 aromatic rings. The molecule has 0 saturated carbocycles. The van der Waals surface area contributed by atoms with Gasteiger partial charge in [-0.1, -0.05) is 150 Å². The molecule has 0 aliphatic heterocycles. The Kier molecular flexibility index (Phi) is 21.0. The van der Waals surface area contributed by atoms with Crippen LogP contribution in [0.15, 0.2) is 0 Å². The molecule has 2 unspecified atom stereocenters. The Labute approximate surface area is 196 Å². The summed E-state index contributed by atoms with van der Waals surface area (Å²) in [6.07, 6.45) is 26.8. The van der Waals surface area contributed by atoms with Crippen LogP contribution in [0.2, 0.25) is 0 Å². The third kappa shape index (κ3) is 16.7. The number of unbranched alkanes of at least 4 members (excludes halogenated alkanes) is 15. The minimum atomic E-state index is -0.512. The maximum Gasteiger partial charge on any atom is 0.309 e. The minimum Gasteiger partial charge on any atom is -0.481 e. The molecule has 31 heavy (non-hydrogen) atoms. The monoisotopic (exact) mass is 438 g/mol. The highest BCUT2D eigenvalue weighted by atomic mass is 16.4. The van der Waals surface area contributed by atoms with Crippen LogP contribution >= 0.6 is 0 Å². The highest BCUT2D eigenvalue weighted by Gasteiger charge is 2.38. The summed E-state index contributed by atoms with van der Waals surface area (Å²) in [5, 5.41) is 10.3. The van der Waals surface area contributed by atoms with Gasteiger partial charge in [0.25, 0.3) is 0 Å². The van der Waals surface area contributed by atoms with E-state index in [1.54, 1.807) is 0 Å². The van der Waals surface area contributed by atoms with E-state index >= 15 is 0 Å². The Balaban J connectivity index is 4.56. The van der Waals surface area contributed by atoms with Crippen LogP contribution in [0.25, 0.3) is 0 Å². The topological polar surface area (TPSA) is 37.3 Å². The van der Waals surface area contributed by atoms with Crippen molar-refractivity contribution in [2.45, 2.75) is 169 Å². The summed E-state index contributed by atoms with van der Waals surface area (Å²) >= 11 is 0. The van der Waals surface area contributed by atoms with Crippen molar-refractivity contribution in [2.24, 2.45) is 11.3 Å². The van der Waals surface area contributed by atoms with Crippen molar-refractivity contribution in [1.82, 2.24) is 0 Å². The molecule has 0 saturated heterocycles. The molecule has 0 aromatic heterocycles. The maximum atomic E-state index is 12.5. The van der Waals surface area contributed by atoms with Gasteiger partial charge in [0, 0.05) is 0 Å². The first-order chi connectivity index (χ1) is 15.0. The Bertz CT molecular complexity index is 392. The molecular weight excluding hydrogens is 380 g/mol. The largest absolute Gasteiger partial charge is 0.481 e. The van der Waals surface area contributed by atoms with E-state index in [1.807, 2.05) is 0 Å². The molecule has 0 spiro atoms. The second-order valence-electron chi connectivity index (χ2n) is 10.5. The van der Waals surface area contributed by atoms with Crippen LogP contribution in [-0.2, 0) is 4.79 Å². The number of hydrogen-bond acceptors (Lipinski definition) is 1. The summed E-state index contributed by atoms with van der Waals surface area (Å²) in [5.41, 5.74) is -0.475. The van der Waals surface area contributed by atoms with Crippen molar-refractivity contribution >= 4 is 5.97 Å². The first kappa shape index (κ1) is 30.5. The molecule has 0 aromatic carbocycles. The Morgan fingerprint density at radius 3 is 1.39 bits per heavy atom. The lowest BCUT2D eigenvalue weighted by Gasteiger charge is -2.32. The van der Waals surface area contributed by atoms with Gasteiger partial charge in [0.15, 0.2) is 0 Å². The van der Waals surface area contributed by atoms with Crippen LogP contribution in [0.4, 0.5) is 0 Å². The molecule has 0 bridgehead atoms. The highest BCUT2D eigenvalue weighted by molar-refractivity contribution is 5.74. The van der Waals surface area contributed by atoms with Crippen LogP contribution in [-0.4, -0.2) is 11.1 Å².